The molecule has 1 aromatic carbocycles. The first-order chi connectivity index (χ1) is 15.6. The Morgan fingerprint density at radius 1 is 1.71 bits per heavy atom. The highest BCUT2D eigenvalue weighted by atomic mass is 16.6. The fraction of sp³-hybridized carbons (Fsp3) is 0.438. The average molecular weight is 301 g/mol. The largest absolute Gasteiger partial charge is 0.447 e. The minimum absolute atomic E-state index is 0.000121. The number of cyclic esters (lactones) is 1. The molecule has 1 saturated heterocycles. The highest BCUT2D eigenvalue weighted by Gasteiger charge is 2.22. The van der Waals surface area contributed by atoms with Crippen LogP contribution in [0.4, 0.5) is 4.79 Å². The second kappa shape index (κ2) is 5.77. The van der Waals surface area contributed by atoms with Gasteiger partial charge in [0.1, 0.15) is 6.56 Å². The minimum Gasteiger partial charge on any atom is -0.447 e. The van der Waals surface area contributed by atoms with Crippen LogP contribution in [-0.2, 0) is 17.5 Å². The van der Waals surface area contributed by atoms with E-state index in [1.54, 1.807) is 0 Å². The van der Waals surface area contributed by atoms with Crippen LogP contribution in [0.15, 0.2) is 24.4 Å². The van der Waals surface area contributed by atoms with Gasteiger partial charge < -0.3 is 19.9 Å². The molecule has 21 heavy (non-hydrogen) atoms. The van der Waals surface area contributed by atoms with E-state index in [1.165, 1.54) is 0 Å². The molecule has 1 atom stereocenters. The number of aromatic nitrogens is 1. The highest BCUT2D eigenvalue weighted by Crippen LogP contribution is 2.21. The number of carbonyl (C=O) groups is 1. The Bertz CT molecular complexity index is 1170. The molecule has 2 aromatic rings. The summed E-state index contributed by atoms with van der Waals surface area (Å²) in [5.74, 6) is 0. The second-order valence-corrected chi connectivity index (χ2v) is 4.29. The van der Waals surface area contributed by atoms with Crippen LogP contribution in [0.25, 0.3) is 10.9 Å². The number of amides is 1. The zero-order valence-electron chi connectivity index (χ0n) is 25.0. The van der Waals surface area contributed by atoms with E-state index >= 15 is 0 Å². The van der Waals surface area contributed by atoms with Crippen molar-refractivity contribution in [3.63, 3.8) is 0 Å². The summed E-state index contributed by atoms with van der Waals surface area (Å²) < 4.78 is 117. The number of benzene rings is 1. The lowest BCUT2D eigenvalue weighted by molar-refractivity contribution is 0.177. The van der Waals surface area contributed by atoms with Crippen molar-refractivity contribution in [1.29, 1.82) is 0 Å². The van der Waals surface area contributed by atoms with E-state index in [2.05, 4.69) is 4.74 Å². The van der Waals surface area contributed by atoms with E-state index in [1.807, 2.05) is 0 Å². The van der Waals surface area contributed by atoms with Gasteiger partial charge >= 0.3 is 6.09 Å². The number of nitrogens with one attached hydrogen (secondary N) is 2. The maximum atomic E-state index is 11.7. The highest BCUT2D eigenvalue weighted by molar-refractivity contribution is 5.84. The summed E-state index contributed by atoms with van der Waals surface area (Å²) in [6, 6.07) is 1.10. The number of nitrogens with zero attached hydrogens (tertiary/aromatic N) is 1. The van der Waals surface area contributed by atoms with E-state index in [0.29, 0.717) is 4.98 Å². The number of hydrogen-bond acceptors (Lipinski definition) is 3. The molecular weight excluding hydrogens is 266 g/mol. The molecule has 0 spiro atoms. The maximum absolute atomic E-state index is 11.7. The number of aromatic amines is 1. The van der Waals surface area contributed by atoms with E-state index in [9.17, 15) is 4.79 Å². The van der Waals surface area contributed by atoms with Crippen LogP contribution in [0.2, 0.25) is 2.82 Å². The lowest BCUT2D eigenvalue weighted by atomic mass is 10.0. The van der Waals surface area contributed by atoms with Gasteiger partial charge in [-0.1, -0.05) is 6.07 Å². The number of fused-ring (bicyclic) bond motifs is 1. The normalized spacial score (nSPS) is 33.5. The Labute approximate surface area is 144 Å². The van der Waals surface area contributed by atoms with Crippen LogP contribution in [0.1, 0.15) is 27.6 Å². The molecule has 5 nitrogen and oxygen atoms in total. The van der Waals surface area contributed by atoms with Crippen LogP contribution in [0.3, 0.4) is 0 Å². The molecule has 0 saturated carbocycles. The van der Waals surface area contributed by atoms with E-state index in [-0.39, 0.29) is 26.7 Å². The van der Waals surface area contributed by atoms with Crippen LogP contribution in [0.5, 0.6) is 0 Å². The van der Waals surface area contributed by atoms with Gasteiger partial charge in [0.15, 0.2) is 2.82 Å². The fourth-order valence-corrected chi connectivity index (χ4v) is 1.82. The number of aryl methyl sites for hydroxylation is 1. The molecule has 0 radical (unpaired) electrons. The van der Waals surface area contributed by atoms with Crippen LogP contribution in [0, 0.1) is 0 Å². The maximum Gasteiger partial charge on any atom is 0.407 e. The van der Waals surface area contributed by atoms with Crippen LogP contribution in [-0.4, -0.2) is 49.1 Å². The molecule has 5 heteroatoms. The molecule has 1 aromatic heterocycles. The number of alkyl carbamates (subject to hydrolysis) is 1. The lowest BCUT2D eigenvalue weighted by Crippen LogP contribution is -2.28. The van der Waals surface area contributed by atoms with E-state index in [4.69, 9.17) is 19.3 Å². The Morgan fingerprint density at radius 2 is 2.62 bits per heavy atom. The molecule has 2 N–H and O–H groups in total. The summed E-state index contributed by atoms with van der Waals surface area (Å²) in [6.07, 6.45) is -8.24. The number of ether oxygens (including phenoxy) is 1. The first kappa shape index (κ1) is 5.02. The molecule has 1 fully saturated rings. The SMILES string of the molecule is [2H]c1c(C([2H])([2H])C([2H])([2H])N(C)C([2H])([2H])[2H])c2cc(C([2H])([2H])[C@@H]3N([2H])C(=O)OC3([2H])[2H])ccc2n1[2H]. The van der Waals surface area contributed by atoms with Crippen molar-refractivity contribution < 1.29 is 28.8 Å². The van der Waals surface area contributed by atoms with Gasteiger partial charge in [0.05, 0.1) is 10.2 Å². The van der Waals surface area contributed by atoms with Crippen molar-refractivity contribution >= 4 is 17.0 Å². The van der Waals surface area contributed by atoms with Gasteiger partial charge in [-0.25, -0.2) is 4.79 Å². The summed E-state index contributed by atoms with van der Waals surface area (Å²) in [7, 11) is 0.834. The predicted molar refractivity (Wildman–Crippen MR) is 82.5 cm³/mol. The number of carbonyl (C=O) groups excluding carboxylic acids is 1. The van der Waals surface area contributed by atoms with Crippen LogP contribution >= 0.6 is 0 Å². The lowest BCUT2D eigenvalue weighted by Gasteiger charge is -2.09. The Hall–Kier alpha value is -2.01. The van der Waals surface area contributed by atoms with Gasteiger partial charge in [0, 0.05) is 35.9 Å². The molecular formula is C16H21N3O2. The third-order valence-electron chi connectivity index (χ3n) is 2.70. The second-order valence-electron chi connectivity index (χ2n) is 4.29. The molecule has 0 bridgehead atoms. The minimum atomic E-state index is -3.22. The molecule has 3 rings (SSSR count). The Balaban J connectivity index is 2.25. The van der Waals surface area contributed by atoms with E-state index in [0.717, 1.165) is 25.2 Å². The first-order valence-corrected chi connectivity index (χ1v) is 6.00. The van der Waals surface area contributed by atoms with Crippen molar-refractivity contribution in [3.8, 4) is 0 Å². The van der Waals surface area contributed by atoms with E-state index < -0.39 is 56.6 Å². The number of rotatable bonds is 5. The van der Waals surface area contributed by atoms with Crippen molar-refractivity contribution in [2.24, 2.45) is 0 Å². The molecule has 1 amide bonds. The van der Waals surface area contributed by atoms with Gasteiger partial charge in [-0.05, 0) is 50.0 Å². The van der Waals surface area contributed by atoms with Crippen molar-refractivity contribution in [1.82, 2.24) is 15.2 Å². The van der Waals surface area contributed by atoms with Gasteiger partial charge in [-0.2, -0.15) is 0 Å². The van der Waals surface area contributed by atoms with Gasteiger partial charge in [0.25, 0.3) is 0 Å². The molecule has 0 aliphatic carbocycles. The summed E-state index contributed by atoms with van der Waals surface area (Å²) in [6.45, 7) is -9.19. The standard InChI is InChI=1S/C16H21N3O2/c1-19(2)6-5-12-9-17-15-4-3-11(8-14(12)15)7-13-10-21-16(20)18-13/h3-4,8-9,13,17H,5-7,10H2,1-2H3,(H,18,20)/t13-/m0/s1/i1D3,5D2,6D2,7D2,9D,10D2/hD2. The monoisotopic (exact) mass is 301 g/mol. The summed E-state index contributed by atoms with van der Waals surface area (Å²) >= 11 is 0. The Kier molecular flexibility index (Phi) is 1.38. The Morgan fingerprint density at radius 3 is 3.38 bits per heavy atom. The van der Waals surface area contributed by atoms with Gasteiger partial charge in [-0.3, -0.25) is 0 Å². The predicted octanol–water partition coefficient (Wildman–Crippen LogP) is 1.92. The zero-order valence-corrected chi connectivity index (χ0v) is 11.0. The summed E-state index contributed by atoms with van der Waals surface area (Å²) in [5.41, 5.74) is -1.24. The van der Waals surface area contributed by atoms with Crippen molar-refractivity contribution in [2.75, 3.05) is 27.1 Å². The average Bonchev–Trinajstić information content (AvgIpc) is 3.08. The first-order valence-electron chi connectivity index (χ1n) is 12.9. The number of hydrogen-bond donors (Lipinski definition) is 2. The summed E-state index contributed by atoms with van der Waals surface area (Å²) in [4.78, 5) is 12.3. The quantitative estimate of drug-likeness (QED) is 0.887. The molecule has 2 heterocycles. The van der Waals surface area contributed by atoms with Crippen LogP contribution < -0.4 is 5.31 Å². The van der Waals surface area contributed by atoms with Gasteiger partial charge in [0.2, 0.25) is 0 Å². The number of H-pyrrole nitrogens is 1. The third-order valence-corrected chi connectivity index (χ3v) is 2.70. The van der Waals surface area contributed by atoms with Crippen molar-refractivity contribution in [2.45, 2.75) is 18.8 Å². The molecule has 0 unspecified atom stereocenters. The van der Waals surface area contributed by atoms with Crippen molar-refractivity contribution in [3.05, 3.63) is 35.5 Å². The smallest absolute Gasteiger partial charge is 0.407 e. The fourth-order valence-electron chi connectivity index (χ4n) is 1.82. The zero-order chi connectivity index (χ0) is 27.1. The molecule has 1 aliphatic rings. The van der Waals surface area contributed by atoms with Gasteiger partial charge in [-0.15, -0.1) is 0 Å². The molecule has 1 aliphatic heterocycles. The summed E-state index contributed by atoms with van der Waals surface area (Å²) in [5, 5.41) is -0.304. The number of likely N-dealkylation sites (N-methyl/N-ethyl adjacent to an activating group) is 1. The molecule has 112 valence electrons. The topological polar surface area (TPSA) is 57.4 Å². The third kappa shape index (κ3) is 3.19.